The molecule has 0 radical (unpaired) electrons. The molecule has 0 amide bonds. The van der Waals surface area contributed by atoms with Gasteiger partial charge in [-0.05, 0) is 6.92 Å². The fourth-order valence-corrected chi connectivity index (χ4v) is 3.08. The highest BCUT2D eigenvalue weighted by Gasteiger charge is 2.40. The molecule has 0 unspecified atom stereocenters. The third kappa shape index (κ3) is 8.91. The van der Waals surface area contributed by atoms with Gasteiger partial charge in [0.1, 0.15) is 5.41 Å². The summed E-state index contributed by atoms with van der Waals surface area (Å²) in [5.41, 5.74) is 3.84. The van der Waals surface area contributed by atoms with E-state index in [1.54, 1.807) is 30.3 Å². The number of carboxylic acids is 1. The predicted molar refractivity (Wildman–Crippen MR) is 101 cm³/mol. The Morgan fingerprint density at radius 1 is 1.32 bits per heavy atom. The molecule has 1 rings (SSSR count). The number of aliphatic carboxylic acids is 1. The second kappa shape index (κ2) is 10.4. The van der Waals surface area contributed by atoms with E-state index < -0.39 is 27.3 Å². The van der Waals surface area contributed by atoms with Crippen LogP contribution in [0.5, 0.6) is 0 Å². The number of hydrogen-bond acceptors (Lipinski definition) is 7. The molecule has 0 aliphatic heterocycles. The summed E-state index contributed by atoms with van der Waals surface area (Å²) in [4.78, 5) is 22.9. The average molecular weight is 409 g/mol. The van der Waals surface area contributed by atoms with Crippen LogP contribution < -0.4 is 5.73 Å². The zero-order chi connectivity index (χ0) is 19.7. The lowest BCUT2D eigenvalue weighted by atomic mass is 9.84. The van der Waals surface area contributed by atoms with Crippen LogP contribution in [0.25, 0.3) is 0 Å². The Hall–Kier alpha value is -1.56. The van der Waals surface area contributed by atoms with Crippen LogP contribution in [0, 0.1) is 10.8 Å². The van der Waals surface area contributed by atoms with Crippen LogP contribution >= 0.6 is 24.4 Å². The Balaban J connectivity index is 0.000000504. The molecule has 5 N–H and O–H groups in total. The van der Waals surface area contributed by atoms with Crippen molar-refractivity contribution in [2.45, 2.75) is 6.92 Å². The van der Waals surface area contributed by atoms with E-state index in [0.29, 0.717) is 5.56 Å². The number of rotatable bonds is 7. The molecule has 11 heteroatoms. The van der Waals surface area contributed by atoms with E-state index in [1.165, 1.54) is 6.92 Å². The minimum Gasteiger partial charge on any atom is -0.480 e. The standard InChI is InChI=1S/C11H12O3S.C3H8N2O3S2/c1-11(7-15,10(13)14)9(12)8-5-3-2-4-6-8;4-3(5)9-1-2-10(6,7)8/h2-6,15H,7H2,1H3,(H,13,14);1-2H2,(H3,4,5)(H,6,7,8)/t11-;/m0./s1. The second-order valence-electron chi connectivity index (χ2n) is 4.99. The van der Waals surface area contributed by atoms with Crippen molar-refractivity contribution in [3.63, 3.8) is 0 Å². The van der Waals surface area contributed by atoms with Gasteiger partial charge in [-0.1, -0.05) is 42.1 Å². The van der Waals surface area contributed by atoms with Gasteiger partial charge in [-0.15, -0.1) is 0 Å². The Kier molecular flexibility index (Phi) is 9.78. The van der Waals surface area contributed by atoms with E-state index in [2.05, 4.69) is 12.6 Å². The molecule has 1 aromatic carbocycles. The van der Waals surface area contributed by atoms with E-state index in [9.17, 15) is 18.0 Å². The number of ketones is 1. The van der Waals surface area contributed by atoms with Crippen molar-refractivity contribution in [2.24, 2.45) is 11.1 Å². The van der Waals surface area contributed by atoms with Crippen LogP contribution in [0.1, 0.15) is 17.3 Å². The normalized spacial score (nSPS) is 13.1. The zero-order valence-corrected chi connectivity index (χ0v) is 15.9. The second-order valence-corrected chi connectivity index (χ2v) is 8.01. The largest absolute Gasteiger partial charge is 0.480 e. The highest BCUT2D eigenvalue weighted by molar-refractivity contribution is 8.14. The summed E-state index contributed by atoms with van der Waals surface area (Å²) < 4.78 is 28.3. The van der Waals surface area contributed by atoms with Gasteiger partial charge < -0.3 is 10.8 Å². The molecule has 0 spiro atoms. The minimum absolute atomic E-state index is 0.0178. The smallest absolute Gasteiger partial charge is 0.318 e. The van der Waals surface area contributed by atoms with Gasteiger partial charge in [0.25, 0.3) is 10.1 Å². The van der Waals surface area contributed by atoms with Gasteiger partial charge in [0.15, 0.2) is 11.0 Å². The maximum Gasteiger partial charge on any atom is 0.318 e. The first-order valence-electron chi connectivity index (χ1n) is 6.80. The molecule has 1 aromatic rings. The van der Waals surface area contributed by atoms with Crippen molar-refractivity contribution in [1.29, 1.82) is 5.41 Å². The van der Waals surface area contributed by atoms with Crippen molar-refractivity contribution >= 4 is 51.4 Å². The van der Waals surface area contributed by atoms with Crippen LogP contribution in [0.4, 0.5) is 0 Å². The molecule has 0 aromatic heterocycles. The number of carbonyl (C=O) groups excluding carboxylic acids is 1. The monoisotopic (exact) mass is 408 g/mol. The molecule has 0 aliphatic carbocycles. The first-order valence-corrected chi connectivity index (χ1v) is 10.0. The fourth-order valence-electron chi connectivity index (χ4n) is 1.40. The number of carbonyl (C=O) groups is 2. The molecule has 25 heavy (non-hydrogen) atoms. The molecule has 1 atom stereocenters. The Morgan fingerprint density at radius 2 is 1.84 bits per heavy atom. The Morgan fingerprint density at radius 3 is 2.20 bits per heavy atom. The van der Waals surface area contributed by atoms with Gasteiger partial charge in [0.05, 0.1) is 5.75 Å². The summed E-state index contributed by atoms with van der Waals surface area (Å²) in [6.07, 6.45) is 0. The van der Waals surface area contributed by atoms with Gasteiger partial charge in [-0.3, -0.25) is 19.6 Å². The summed E-state index contributed by atoms with van der Waals surface area (Å²) in [5.74, 6) is -1.82. The van der Waals surface area contributed by atoms with E-state index in [0.717, 1.165) is 11.8 Å². The van der Waals surface area contributed by atoms with E-state index in [4.69, 9.17) is 20.8 Å². The summed E-state index contributed by atoms with van der Waals surface area (Å²) >= 11 is 4.81. The molecule has 0 aliphatic rings. The molecule has 0 saturated heterocycles. The number of Topliss-reactive ketones (excluding diaryl/α,β-unsaturated/α-hetero) is 1. The molecule has 0 heterocycles. The average Bonchev–Trinajstić information content (AvgIpc) is 2.53. The molecule has 140 valence electrons. The summed E-state index contributed by atoms with van der Waals surface area (Å²) in [5, 5.41) is 15.5. The Labute approximate surface area is 155 Å². The lowest BCUT2D eigenvalue weighted by Crippen LogP contribution is -2.38. The predicted octanol–water partition coefficient (Wildman–Crippen LogP) is 1.39. The maximum absolute atomic E-state index is 11.9. The number of thiol groups is 1. The first kappa shape index (κ1) is 23.4. The summed E-state index contributed by atoms with van der Waals surface area (Å²) in [7, 11) is -3.89. The highest BCUT2D eigenvalue weighted by atomic mass is 32.2. The van der Waals surface area contributed by atoms with Crippen LogP contribution in [0.2, 0.25) is 0 Å². The third-order valence-corrected chi connectivity index (χ3v) is 5.25. The van der Waals surface area contributed by atoms with Gasteiger partial charge in [0, 0.05) is 17.1 Å². The zero-order valence-electron chi connectivity index (χ0n) is 13.4. The van der Waals surface area contributed by atoms with Gasteiger partial charge in [0.2, 0.25) is 0 Å². The van der Waals surface area contributed by atoms with Crippen LogP contribution in [0.15, 0.2) is 30.3 Å². The lowest BCUT2D eigenvalue weighted by molar-refractivity contribution is -0.143. The molecule has 0 fully saturated rings. The molecule has 0 bridgehead atoms. The van der Waals surface area contributed by atoms with Crippen molar-refractivity contribution in [2.75, 3.05) is 17.3 Å². The van der Waals surface area contributed by atoms with Crippen molar-refractivity contribution in [3.8, 4) is 0 Å². The van der Waals surface area contributed by atoms with Crippen molar-refractivity contribution in [1.82, 2.24) is 0 Å². The molecule has 8 nitrogen and oxygen atoms in total. The minimum atomic E-state index is -3.89. The van der Waals surface area contributed by atoms with Crippen LogP contribution in [0.3, 0.4) is 0 Å². The number of benzene rings is 1. The number of thioether (sulfide) groups is 1. The fraction of sp³-hybridized carbons (Fsp3) is 0.357. The lowest BCUT2D eigenvalue weighted by Gasteiger charge is -2.20. The third-order valence-electron chi connectivity index (χ3n) is 2.92. The van der Waals surface area contributed by atoms with E-state index in [-0.39, 0.29) is 22.4 Å². The topological polar surface area (TPSA) is 159 Å². The van der Waals surface area contributed by atoms with Crippen molar-refractivity contribution < 1.29 is 27.7 Å². The van der Waals surface area contributed by atoms with E-state index >= 15 is 0 Å². The number of nitrogens with two attached hydrogens (primary N) is 1. The first-order chi connectivity index (χ1) is 11.4. The van der Waals surface area contributed by atoms with Crippen LogP contribution in [-0.2, 0) is 14.9 Å². The Bertz CT molecular complexity index is 709. The van der Waals surface area contributed by atoms with Gasteiger partial charge >= 0.3 is 5.97 Å². The van der Waals surface area contributed by atoms with Crippen molar-refractivity contribution in [3.05, 3.63) is 35.9 Å². The number of nitrogens with one attached hydrogen (secondary N) is 1. The quantitative estimate of drug-likeness (QED) is 0.113. The van der Waals surface area contributed by atoms with Crippen LogP contribution in [-0.4, -0.2) is 52.3 Å². The number of carboxylic acid groups (broad SMARTS) is 1. The maximum atomic E-state index is 11.9. The van der Waals surface area contributed by atoms with E-state index in [1.807, 2.05) is 0 Å². The van der Waals surface area contributed by atoms with Gasteiger partial charge in [-0.25, -0.2) is 0 Å². The number of hydrogen-bond donors (Lipinski definition) is 5. The summed E-state index contributed by atoms with van der Waals surface area (Å²) in [6, 6.07) is 8.39. The molecule has 0 saturated carbocycles. The molecular weight excluding hydrogens is 388 g/mol. The number of amidine groups is 1. The van der Waals surface area contributed by atoms with Gasteiger partial charge in [-0.2, -0.15) is 21.0 Å². The SMILES string of the molecule is C[C@@](CS)(C(=O)O)C(=O)c1ccccc1.N=C(N)SCCS(=O)(=O)O. The molecular formula is C14H20N2O6S3. The summed E-state index contributed by atoms with van der Waals surface area (Å²) in [6.45, 7) is 1.39. The highest BCUT2D eigenvalue weighted by Crippen LogP contribution is 2.24.